The fourth-order valence-electron chi connectivity index (χ4n) is 4.95. The molecule has 1 N–H and O–H groups in total. The molecule has 1 heterocycles. The molecule has 0 saturated heterocycles. The van der Waals surface area contributed by atoms with E-state index in [-0.39, 0.29) is 30.8 Å². The van der Waals surface area contributed by atoms with E-state index in [1.165, 1.54) is 30.3 Å². The number of carbonyl (C=O) groups excluding carboxylic acids is 1. The summed E-state index contributed by atoms with van der Waals surface area (Å²) in [5.41, 5.74) is 3.93. The summed E-state index contributed by atoms with van der Waals surface area (Å²) in [6, 6.07) is 17.8. The molecule has 3 aromatic rings. The van der Waals surface area contributed by atoms with Crippen molar-refractivity contribution in [2.45, 2.75) is 38.4 Å². The summed E-state index contributed by atoms with van der Waals surface area (Å²) in [6.45, 7) is 2.92. The predicted molar refractivity (Wildman–Crippen MR) is 153 cm³/mol. The number of rotatable bonds is 14. The zero-order valence-corrected chi connectivity index (χ0v) is 23.8. The Hall–Kier alpha value is -4.30. The molecule has 3 aromatic carbocycles. The van der Waals surface area contributed by atoms with Gasteiger partial charge in [-0.05, 0) is 79.8 Å². The lowest BCUT2D eigenvalue weighted by Crippen LogP contribution is -2.32. The monoisotopic (exact) mass is 599 g/mol. The van der Waals surface area contributed by atoms with Crippen molar-refractivity contribution in [3.8, 4) is 17.6 Å². The Morgan fingerprint density at radius 3 is 2.49 bits per heavy atom. The number of esters is 1. The van der Waals surface area contributed by atoms with E-state index in [0.29, 0.717) is 37.1 Å². The quantitative estimate of drug-likeness (QED) is 0.141. The van der Waals surface area contributed by atoms with Gasteiger partial charge in [0.05, 0.1) is 23.4 Å². The van der Waals surface area contributed by atoms with Crippen LogP contribution in [0.5, 0.6) is 11.5 Å². The van der Waals surface area contributed by atoms with Gasteiger partial charge >= 0.3 is 12.1 Å². The molecule has 43 heavy (non-hydrogen) atoms. The third-order valence-electron chi connectivity index (χ3n) is 6.86. The molecule has 0 amide bonds. The van der Waals surface area contributed by atoms with Gasteiger partial charge < -0.3 is 24.4 Å². The summed E-state index contributed by atoms with van der Waals surface area (Å²) in [5.74, 6) is -0.639. The molecule has 11 heteroatoms. The molecule has 228 valence electrons. The van der Waals surface area contributed by atoms with Gasteiger partial charge in [-0.2, -0.15) is 18.4 Å². The molecule has 7 nitrogen and oxygen atoms in total. The lowest BCUT2D eigenvalue weighted by atomic mass is 9.99. The molecule has 1 aliphatic heterocycles. The van der Waals surface area contributed by atoms with E-state index in [4.69, 9.17) is 14.2 Å². The topological polar surface area (TPSA) is 83.8 Å². The Kier molecular flexibility index (Phi) is 10.8. The fraction of sp³-hybridized carbons (Fsp3) is 0.375. The minimum absolute atomic E-state index is 0.0371. The Balaban J connectivity index is 1.23. The lowest BCUT2D eigenvalue weighted by molar-refractivity contribution is -0.153. The normalized spacial score (nSPS) is 13.3. The maximum Gasteiger partial charge on any atom is 0.422 e. The average Bonchev–Trinajstić information content (AvgIpc) is 3.39. The molecule has 4 rings (SSSR count). The van der Waals surface area contributed by atoms with Gasteiger partial charge in [0, 0.05) is 25.7 Å². The number of fused-ring (bicyclic) bond motifs is 1. The third kappa shape index (κ3) is 9.35. The van der Waals surface area contributed by atoms with Crippen molar-refractivity contribution in [2.24, 2.45) is 0 Å². The van der Waals surface area contributed by atoms with E-state index in [0.717, 1.165) is 29.8 Å². The third-order valence-corrected chi connectivity index (χ3v) is 6.86. The van der Waals surface area contributed by atoms with Gasteiger partial charge in [-0.1, -0.05) is 18.2 Å². The smallest absolute Gasteiger partial charge is 0.422 e. The Labute approximate surface area is 248 Å². The number of hydrogen-bond donors (Lipinski definition) is 1. The van der Waals surface area contributed by atoms with Crippen molar-refractivity contribution in [3.05, 3.63) is 88.7 Å². The van der Waals surface area contributed by atoms with E-state index >= 15 is 0 Å². The molecular formula is C32H33F4N3O4. The standard InChI is InChI=1S/C32H33F4N3O4/c1-22(38-12-16-41-28-5-2-3-6-29(28)43-21-32(34,35)36)17-23-18-25-11-14-39(30(25)26(19-23)20-37)13-4-15-42-31(40)24-7-9-27(33)10-8-24/h2-3,5-10,18-19,22,38H,4,11-17,21H2,1H3/t22-/m1/s1. The van der Waals surface area contributed by atoms with Crippen LogP contribution in [-0.2, 0) is 17.6 Å². The van der Waals surface area contributed by atoms with Crippen LogP contribution in [0.2, 0.25) is 0 Å². The average molecular weight is 600 g/mol. The number of anilines is 1. The van der Waals surface area contributed by atoms with Crippen LogP contribution in [-0.4, -0.2) is 57.6 Å². The SMILES string of the molecule is C[C@H](Cc1cc(C#N)c2c(c1)CCN2CCCOC(=O)c1ccc(F)cc1)NCCOc1ccccc1OCC(F)(F)F. The number of alkyl halides is 3. The van der Waals surface area contributed by atoms with Crippen LogP contribution in [0, 0.1) is 17.1 Å². The Morgan fingerprint density at radius 1 is 1.07 bits per heavy atom. The number of nitriles is 1. The highest BCUT2D eigenvalue weighted by Crippen LogP contribution is 2.33. The molecule has 0 unspecified atom stereocenters. The van der Waals surface area contributed by atoms with Gasteiger partial charge in [0.2, 0.25) is 0 Å². The second kappa shape index (κ2) is 14.7. The highest BCUT2D eigenvalue weighted by atomic mass is 19.4. The molecule has 0 bridgehead atoms. The molecule has 0 spiro atoms. The molecule has 0 saturated carbocycles. The Bertz CT molecular complexity index is 1420. The number of benzene rings is 3. The summed E-state index contributed by atoms with van der Waals surface area (Å²) in [7, 11) is 0. The highest BCUT2D eigenvalue weighted by molar-refractivity contribution is 5.89. The van der Waals surface area contributed by atoms with Gasteiger partial charge in [0.25, 0.3) is 0 Å². The molecule has 1 aliphatic rings. The van der Waals surface area contributed by atoms with Gasteiger partial charge in [0.15, 0.2) is 18.1 Å². The van der Waals surface area contributed by atoms with Crippen molar-refractivity contribution >= 4 is 11.7 Å². The minimum atomic E-state index is -4.44. The van der Waals surface area contributed by atoms with E-state index in [1.54, 1.807) is 18.2 Å². The molecule has 0 aromatic heterocycles. The molecule has 0 aliphatic carbocycles. The van der Waals surface area contributed by atoms with E-state index < -0.39 is 24.6 Å². The summed E-state index contributed by atoms with van der Waals surface area (Å²) in [5, 5.41) is 13.2. The molecule has 1 atom stereocenters. The van der Waals surface area contributed by atoms with Crippen LogP contribution in [0.3, 0.4) is 0 Å². The number of nitrogens with one attached hydrogen (secondary N) is 1. The Morgan fingerprint density at radius 2 is 1.79 bits per heavy atom. The van der Waals surface area contributed by atoms with Crippen LogP contribution < -0.4 is 19.7 Å². The van der Waals surface area contributed by atoms with Crippen LogP contribution in [0.25, 0.3) is 0 Å². The summed E-state index contributed by atoms with van der Waals surface area (Å²) in [4.78, 5) is 14.3. The largest absolute Gasteiger partial charge is 0.488 e. The summed E-state index contributed by atoms with van der Waals surface area (Å²) >= 11 is 0. The number of para-hydroxylation sites is 2. The summed E-state index contributed by atoms with van der Waals surface area (Å²) in [6.07, 6.45) is -2.37. The van der Waals surface area contributed by atoms with Gasteiger partial charge in [-0.25, -0.2) is 9.18 Å². The number of hydrogen-bond acceptors (Lipinski definition) is 7. The van der Waals surface area contributed by atoms with Crippen LogP contribution in [0.1, 0.15) is 40.4 Å². The zero-order chi connectivity index (χ0) is 30.8. The van der Waals surface area contributed by atoms with E-state index in [1.807, 2.05) is 13.0 Å². The lowest BCUT2D eigenvalue weighted by Gasteiger charge is -2.21. The van der Waals surface area contributed by atoms with E-state index in [2.05, 4.69) is 22.4 Å². The van der Waals surface area contributed by atoms with E-state index in [9.17, 15) is 27.6 Å². The molecular weight excluding hydrogens is 566 g/mol. The number of halogens is 4. The van der Waals surface area contributed by atoms with Crippen molar-refractivity contribution in [1.82, 2.24) is 5.32 Å². The highest BCUT2D eigenvalue weighted by Gasteiger charge is 2.29. The van der Waals surface area contributed by atoms with Gasteiger partial charge in [-0.15, -0.1) is 0 Å². The van der Waals surface area contributed by atoms with Crippen LogP contribution in [0.4, 0.5) is 23.2 Å². The maximum absolute atomic E-state index is 13.1. The molecule has 0 fully saturated rings. The number of ether oxygens (including phenoxy) is 3. The summed E-state index contributed by atoms with van der Waals surface area (Å²) < 4.78 is 66.4. The molecule has 0 radical (unpaired) electrons. The second-order valence-electron chi connectivity index (χ2n) is 10.3. The fourth-order valence-corrected chi connectivity index (χ4v) is 4.95. The number of nitrogens with zero attached hydrogens (tertiary/aromatic N) is 2. The van der Waals surface area contributed by atoms with Gasteiger partial charge in [-0.3, -0.25) is 0 Å². The zero-order valence-electron chi connectivity index (χ0n) is 23.8. The predicted octanol–water partition coefficient (Wildman–Crippen LogP) is 5.85. The van der Waals surface area contributed by atoms with Crippen molar-refractivity contribution < 1.29 is 36.6 Å². The first-order valence-electron chi connectivity index (χ1n) is 14.0. The van der Waals surface area contributed by atoms with Crippen LogP contribution in [0.15, 0.2) is 60.7 Å². The minimum Gasteiger partial charge on any atom is -0.488 e. The second-order valence-corrected chi connectivity index (χ2v) is 10.3. The number of carbonyl (C=O) groups is 1. The first-order valence-corrected chi connectivity index (χ1v) is 14.0. The first kappa shape index (κ1) is 31.6. The first-order chi connectivity index (χ1) is 20.6. The van der Waals surface area contributed by atoms with Crippen LogP contribution >= 0.6 is 0 Å². The van der Waals surface area contributed by atoms with Crippen molar-refractivity contribution in [2.75, 3.05) is 44.4 Å². The van der Waals surface area contributed by atoms with Gasteiger partial charge in [0.1, 0.15) is 18.5 Å². The van der Waals surface area contributed by atoms with Crippen molar-refractivity contribution in [3.63, 3.8) is 0 Å². The van der Waals surface area contributed by atoms with Crippen molar-refractivity contribution in [1.29, 1.82) is 5.26 Å². The maximum atomic E-state index is 13.1.